The molecular formula is C25H28ClN5O2. The van der Waals surface area contributed by atoms with Crippen molar-refractivity contribution in [1.29, 1.82) is 0 Å². The summed E-state index contributed by atoms with van der Waals surface area (Å²) in [5.74, 6) is 0.739. The highest BCUT2D eigenvalue weighted by atomic mass is 35.5. The van der Waals surface area contributed by atoms with E-state index in [4.69, 9.17) is 16.7 Å². The van der Waals surface area contributed by atoms with Gasteiger partial charge in [-0.15, -0.1) is 0 Å². The third-order valence-electron chi connectivity index (χ3n) is 6.91. The number of benzene rings is 1. The molecule has 0 radical (unpaired) electrons. The molecule has 3 heterocycles. The highest BCUT2D eigenvalue weighted by Crippen LogP contribution is 2.42. The van der Waals surface area contributed by atoms with E-state index in [2.05, 4.69) is 30.2 Å². The van der Waals surface area contributed by atoms with Gasteiger partial charge in [-0.25, -0.2) is 4.98 Å². The summed E-state index contributed by atoms with van der Waals surface area (Å²) in [6.07, 6.45) is 3.76. The number of nitrogens with zero attached hydrogens (tertiary/aromatic N) is 4. The van der Waals surface area contributed by atoms with Crippen LogP contribution in [0.15, 0.2) is 42.5 Å². The Balaban J connectivity index is 1.41. The molecule has 3 aromatic rings. The van der Waals surface area contributed by atoms with Gasteiger partial charge in [0.05, 0.1) is 11.2 Å². The summed E-state index contributed by atoms with van der Waals surface area (Å²) in [4.78, 5) is 32.9. The molecule has 1 saturated carbocycles. The average molecular weight is 466 g/mol. The number of anilines is 1. The fraction of sp³-hybridized carbons (Fsp3) is 0.440. The molecule has 1 saturated heterocycles. The topological polar surface area (TPSA) is 80.1 Å². The van der Waals surface area contributed by atoms with Gasteiger partial charge in [0.25, 0.3) is 0 Å². The fourth-order valence-corrected chi connectivity index (χ4v) is 5.64. The Morgan fingerprint density at radius 2 is 1.97 bits per heavy atom. The number of rotatable bonds is 5. The number of nitrogens with one attached hydrogen (secondary N) is 1. The summed E-state index contributed by atoms with van der Waals surface area (Å²) in [6, 6.07) is 12.7. The smallest absolute Gasteiger partial charge is 0.248 e. The second-order valence-electron chi connectivity index (χ2n) is 9.36. The second-order valence-corrected chi connectivity index (χ2v) is 9.75. The maximum Gasteiger partial charge on any atom is 0.248 e. The third kappa shape index (κ3) is 4.10. The molecule has 2 amide bonds. The second kappa shape index (κ2) is 8.78. The third-order valence-corrected chi connectivity index (χ3v) is 7.12. The van der Waals surface area contributed by atoms with Crippen LogP contribution in [0.1, 0.15) is 51.1 Å². The lowest BCUT2D eigenvalue weighted by Gasteiger charge is -2.29. The van der Waals surface area contributed by atoms with Crippen LogP contribution in [0.25, 0.3) is 10.9 Å². The Bertz CT molecular complexity index is 1210. The molecule has 7 nitrogen and oxygen atoms in total. The van der Waals surface area contributed by atoms with E-state index >= 15 is 0 Å². The van der Waals surface area contributed by atoms with Crippen LogP contribution in [0.4, 0.5) is 5.82 Å². The molecule has 2 aliphatic rings. The molecule has 2 aromatic heterocycles. The summed E-state index contributed by atoms with van der Waals surface area (Å²) < 4.78 is 1.79. The zero-order valence-electron chi connectivity index (χ0n) is 18.9. The van der Waals surface area contributed by atoms with Gasteiger partial charge in [0.2, 0.25) is 11.8 Å². The minimum atomic E-state index is -0.514. The largest absolute Gasteiger partial charge is 0.326 e. The van der Waals surface area contributed by atoms with E-state index in [0.29, 0.717) is 23.3 Å². The highest BCUT2D eigenvalue weighted by molar-refractivity contribution is 6.29. The summed E-state index contributed by atoms with van der Waals surface area (Å²) in [5.41, 5.74) is 1.93. The van der Waals surface area contributed by atoms with E-state index in [1.165, 1.54) is 0 Å². The van der Waals surface area contributed by atoms with Crippen molar-refractivity contribution >= 4 is 40.1 Å². The summed E-state index contributed by atoms with van der Waals surface area (Å²) in [7, 11) is 0. The van der Waals surface area contributed by atoms with Crippen molar-refractivity contribution in [1.82, 2.24) is 19.7 Å². The fourth-order valence-electron chi connectivity index (χ4n) is 5.48. The minimum absolute atomic E-state index is 0.0628. The Labute approximate surface area is 198 Å². The Hall–Kier alpha value is -2.93. The van der Waals surface area contributed by atoms with Gasteiger partial charge < -0.3 is 10.2 Å². The van der Waals surface area contributed by atoms with E-state index in [-0.39, 0.29) is 30.3 Å². The number of fused-ring (bicyclic) bond motifs is 2. The maximum absolute atomic E-state index is 13.6. The molecule has 172 valence electrons. The number of amides is 2. The quantitative estimate of drug-likeness (QED) is 0.557. The lowest BCUT2D eigenvalue weighted by atomic mass is 10.0. The van der Waals surface area contributed by atoms with Crippen LogP contribution in [0, 0.1) is 5.92 Å². The zero-order chi connectivity index (χ0) is 23.1. The number of pyridine rings is 1. The van der Waals surface area contributed by atoms with Crippen LogP contribution in [0.2, 0.25) is 5.15 Å². The molecule has 3 atom stereocenters. The molecule has 0 bridgehead atoms. The minimum Gasteiger partial charge on any atom is -0.326 e. The van der Waals surface area contributed by atoms with Gasteiger partial charge in [0, 0.05) is 11.4 Å². The number of hydrogen-bond acceptors (Lipinski definition) is 4. The molecule has 1 N–H and O–H groups in total. The summed E-state index contributed by atoms with van der Waals surface area (Å²) in [6.45, 7) is 4.33. The first-order valence-corrected chi connectivity index (χ1v) is 12.0. The Morgan fingerprint density at radius 1 is 1.15 bits per heavy atom. The molecule has 1 aromatic carbocycles. The van der Waals surface area contributed by atoms with Crippen molar-refractivity contribution in [3.05, 3.63) is 53.3 Å². The van der Waals surface area contributed by atoms with Gasteiger partial charge in [0.1, 0.15) is 23.6 Å². The van der Waals surface area contributed by atoms with Crippen LogP contribution >= 0.6 is 11.6 Å². The standard InChI is InChI=1S/C25H28ClN5O2/c1-15(2)24-17-8-3-4-9-19(17)30(29-24)14-23(32)31-18-10-5-7-16(18)13-20(31)25(33)28-22-12-6-11-21(26)27-22/h3-4,6,8-9,11-12,15-16,18,20H,5,7,10,13-14H2,1-2H3,(H,27,28,33)/t16-,18-,20-/m0/s1. The number of carbonyl (C=O) groups is 2. The van der Waals surface area contributed by atoms with E-state index < -0.39 is 6.04 Å². The first-order chi connectivity index (χ1) is 15.9. The first-order valence-electron chi connectivity index (χ1n) is 11.6. The molecular weight excluding hydrogens is 438 g/mol. The van der Waals surface area contributed by atoms with Crippen molar-refractivity contribution in [3.63, 3.8) is 0 Å². The molecule has 1 aliphatic heterocycles. The van der Waals surface area contributed by atoms with E-state index in [0.717, 1.165) is 35.9 Å². The van der Waals surface area contributed by atoms with Gasteiger partial charge >= 0.3 is 0 Å². The Kier molecular flexibility index (Phi) is 5.83. The lowest BCUT2D eigenvalue weighted by Crippen LogP contribution is -2.48. The molecule has 8 heteroatoms. The van der Waals surface area contributed by atoms with Crippen molar-refractivity contribution in [2.45, 2.75) is 64.1 Å². The molecule has 1 aliphatic carbocycles. The zero-order valence-corrected chi connectivity index (χ0v) is 19.6. The SMILES string of the molecule is CC(C)c1nn(CC(=O)N2[C@H](C(=O)Nc3cccc(Cl)n3)C[C@@H]3CCC[C@@H]32)c2ccccc12. The monoisotopic (exact) mass is 465 g/mol. The molecule has 5 rings (SSSR count). The molecule has 33 heavy (non-hydrogen) atoms. The predicted octanol–water partition coefficient (Wildman–Crippen LogP) is 4.62. The average Bonchev–Trinajstić information content (AvgIpc) is 3.47. The van der Waals surface area contributed by atoms with Crippen molar-refractivity contribution < 1.29 is 9.59 Å². The van der Waals surface area contributed by atoms with Gasteiger partial charge in [-0.1, -0.05) is 56.1 Å². The van der Waals surface area contributed by atoms with Crippen molar-refractivity contribution in [3.8, 4) is 0 Å². The lowest BCUT2D eigenvalue weighted by molar-refractivity contribution is -0.139. The number of halogens is 1. The van der Waals surface area contributed by atoms with Gasteiger partial charge in [0.15, 0.2) is 0 Å². The molecule has 0 spiro atoms. The van der Waals surface area contributed by atoms with Crippen LogP contribution in [0.5, 0.6) is 0 Å². The van der Waals surface area contributed by atoms with E-state index in [1.807, 2.05) is 23.1 Å². The predicted molar refractivity (Wildman–Crippen MR) is 128 cm³/mol. The van der Waals surface area contributed by atoms with E-state index in [9.17, 15) is 9.59 Å². The highest BCUT2D eigenvalue weighted by Gasteiger charge is 2.48. The molecule has 0 unspecified atom stereocenters. The first kappa shape index (κ1) is 21.9. The maximum atomic E-state index is 13.6. The summed E-state index contributed by atoms with van der Waals surface area (Å²) in [5, 5.41) is 9.02. The van der Waals surface area contributed by atoms with Crippen LogP contribution in [-0.2, 0) is 16.1 Å². The number of para-hydroxylation sites is 1. The summed E-state index contributed by atoms with van der Waals surface area (Å²) >= 11 is 5.97. The van der Waals surface area contributed by atoms with Crippen molar-refractivity contribution in [2.75, 3.05) is 5.32 Å². The number of likely N-dealkylation sites (tertiary alicyclic amines) is 1. The van der Waals surface area contributed by atoms with Crippen LogP contribution in [0.3, 0.4) is 0 Å². The van der Waals surface area contributed by atoms with Crippen molar-refractivity contribution in [2.24, 2.45) is 5.92 Å². The van der Waals surface area contributed by atoms with Gasteiger partial charge in [-0.2, -0.15) is 5.10 Å². The number of aromatic nitrogens is 3. The number of hydrogen-bond donors (Lipinski definition) is 1. The van der Waals surface area contributed by atoms with Gasteiger partial charge in [-0.3, -0.25) is 14.3 Å². The van der Waals surface area contributed by atoms with Crippen LogP contribution < -0.4 is 5.32 Å². The molecule has 2 fully saturated rings. The number of carbonyl (C=O) groups excluding carboxylic acids is 2. The van der Waals surface area contributed by atoms with Gasteiger partial charge in [-0.05, 0) is 49.3 Å². The normalized spacial score (nSPS) is 22.2. The van der Waals surface area contributed by atoms with E-state index in [1.54, 1.807) is 22.9 Å². The van der Waals surface area contributed by atoms with Crippen LogP contribution in [-0.4, -0.2) is 43.6 Å². The Morgan fingerprint density at radius 3 is 2.76 bits per heavy atom.